The van der Waals surface area contributed by atoms with E-state index >= 15 is 0 Å². The quantitative estimate of drug-likeness (QED) is 0.361. The first-order valence-corrected chi connectivity index (χ1v) is 14.1. The minimum absolute atomic E-state index is 0.139. The Hall–Kier alpha value is -1.67. The van der Waals surface area contributed by atoms with Gasteiger partial charge in [-0.1, -0.05) is 89.6 Å². The summed E-state index contributed by atoms with van der Waals surface area (Å²) in [7, 11) is 0. The minimum Gasteiger partial charge on any atom is -0.393 e. The predicted molar refractivity (Wildman–Crippen MR) is 144 cm³/mol. The lowest BCUT2D eigenvalue weighted by Crippen LogP contribution is -2.50. The van der Waals surface area contributed by atoms with Gasteiger partial charge >= 0.3 is 0 Å². The lowest BCUT2D eigenvalue weighted by atomic mass is 9.47. The monoisotopic (exact) mass is 464 g/mol. The summed E-state index contributed by atoms with van der Waals surface area (Å²) in [4.78, 5) is 13.2. The molecule has 0 heterocycles. The maximum Gasteiger partial charge on any atom is 0.159 e. The Bertz CT molecular complexity index is 868. The standard InChI is InChI=1S/C28H36O2.2C2H6/c1-27-16-14-21(29)18-20(27)9-10-22-23-11-12-25(28(23,2)17-15-24(22)27)26(30)13-8-19-6-4-3-5-7-19;2*1-2/h3-9,13,21-25,29H,10-12,14-18H2,1-2H3;2*1-2H3/b13-8+;;/t21-,22-,23?,24?,25+,27-,28-;;/m0../s1. The van der Waals surface area contributed by atoms with E-state index in [1.54, 1.807) is 0 Å². The number of aliphatic hydroxyl groups excluding tert-OH is 1. The average Bonchev–Trinajstić information content (AvgIpc) is 3.23. The highest BCUT2D eigenvalue weighted by Gasteiger charge is 2.59. The fourth-order valence-electron chi connectivity index (χ4n) is 7.97. The first kappa shape index (κ1) is 26.9. The maximum atomic E-state index is 13.2. The molecule has 3 saturated carbocycles. The Morgan fingerprint density at radius 1 is 0.941 bits per heavy atom. The maximum absolute atomic E-state index is 13.2. The van der Waals surface area contributed by atoms with Gasteiger partial charge in [-0.25, -0.2) is 0 Å². The molecule has 3 fully saturated rings. The van der Waals surface area contributed by atoms with Crippen LogP contribution in [0.2, 0.25) is 0 Å². The first-order valence-electron chi connectivity index (χ1n) is 14.1. The molecule has 2 nitrogen and oxygen atoms in total. The SMILES string of the molecule is CC.CC.C[C@]12CC[C@H](O)CC1=CC[C@@H]1C2CC[C@@]2(C)C1CC[C@@H]2C(=O)/C=C/c1ccccc1. The summed E-state index contributed by atoms with van der Waals surface area (Å²) >= 11 is 0. The van der Waals surface area contributed by atoms with E-state index in [-0.39, 0.29) is 22.9 Å². The summed E-state index contributed by atoms with van der Waals surface area (Å²) in [5, 5.41) is 10.2. The summed E-state index contributed by atoms with van der Waals surface area (Å²) in [5.74, 6) is 2.62. The van der Waals surface area contributed by atoms with Crippen molar-refractivity contribution in [3.63, 3.8) is 0 Å². The summed E-state index contributed by atoms with van der Waals surface area (Å²) in [6.07, 6.45) is 15.0. The predicted octanol–water partition coefficient (Wildman–Crippen LogP) is 8.26. The Morgan fingerprint density at radius 3 is 2.35 bits per heavy atom. The molecule has 0 aliphatic heterocycles. The van der Waals surface area contributed by atoms with E-state index < -0.39 is 0 Å². The Kier molecular flexibility index (Phi) is 9.01. The molecule has 34 heavy (non-hydrogen) atoms. The second-order valence-corrected chi connectivity index (χ2v) is 11.0. The van der Waals surface area contributed by atoms with Crippen LogP contribution in [-0.2, 0) is 4.79 Å². The van der Waals surface area contributed by atoms with Crippen LogP contribution in [0.3, 0.4) is 0 Å². The second-order valence-electron chi connectivity index (χ2n) is 11.0. The van der Waals surface area contributed by atoms with Crippen LogP contribution in [0, 0.1) is 34.5 Å². The number of rotatable bonds is 3. The van der Waals surface area contributed by atoms with Crippen molar-refractivity contribution in [2.75, 3.05) is 0 Å². The number of ketones is 1. The third-order valence-electron chi connectivity index (χ3n) is 9.66. The molecular weight excluding hydrogens is 416 g/mol. The molecule has 5 rings (SSSR count). The van der Waals surface area contributed by atoms with Gasteiger partial charge in [0, 0.05) is 5.92 Å². The van der Waals surface area contributed by atoms with Crippen LogP contribution in [0.5, 0.6) is 0 Å². The van der Waals surface area contributed by atoms with Gasteiger partial charge in [-0.05, 0) is 91.6 Å². The van der Waals surface area contributed by atoms with E-state index in [4.69, 9.17) is 0 Å². The van der Waals surface area contributed by atoms with Crippen molar-refractivity contribution in [3.8, 4) is 0 Å². The van der Waals surface area contributed by atoms with Crippen LogP contribution >= 0.6 is 0 Å². The van der Waals surface area contributed by atoms with Gasteiger partial charge in [0.2, 0.25) is 0 Å². The molecule has 1 N–H and O–H groups in total. The van der Waals surface area contributed by atoms with E-state index in [0.29, 0.717) is 17.6 Å². The van der Waals surface area contributed by atoms with Crippen molar-refractivity contribution in [2.24, 2.45) is 34.5 Å². The molecule has 1 aromatic carbocycles. The summed E-state index contributed by atoms with van der Waals surface area (Å²) in [6, 6.07) is 10.2. The van der Waals surface area contributed by atoms with E-state index in [9.17, 15) is 9.90 Å². The van der Waals surface area contributed by atoms with E-state index in [1.807, 2.05) is 58.0 Å². The highest BCUT2D eigenvalue weighted by atomic mass is 16.3. The number of carbonyl (C=O) groups is 1. The first-order chi connectivity index (χ1) is 16.4. The molecule has 188 valence electrons. The molecule has 4 aliphatic carbocycles. The van der Waals surface area contributed by atoms with E-state index in [2.05, 4.69) is 32.1 Å². The van der Waals surface area contributed by atoms with Gasteiger partial charge in [0.05, 0.1) is 6.10 Å². The van der Waals surface area contributed by atoms with E-state index in [1.165, 1.54) is 24.8 Å². The third-order valence-corrected chi connectivity index (χ3v) is 9.66. The zero-order valence-electron chi connectivity index (χ0n) is 22.5. The summed E-state index contributed by atoms with van der Waals surface area (Å²) < 4.78 is 0. The van der Waals surface area contributed by atoms with Crippen LogP contribution in [0.25, 0.3) is 6.08 Å². The van der Waals surface area contributed by atoms with Crippen molar-refractivity contribution in [1.29, 1.82) is 0 Å². The molecule has 7 atom stereocenters. The molecular formula is C32H48O2. The van der Waals surface area contributed by atoms with Gasteiger partial charge in [0.1, 0.15) is 0 Å². The van der Waals surface area contributed by atoms with Crippen LogP contribution in [-0.4, -0.2) is 17.0 Å². The van der Waals surface area contributed by atoms with Gasteiger partial charge in [0.25, 0.3) is 0 Å². The van der Waals surface area contributed by atoms with Crippen LogP contribution in [0.15, 0.2) is 48.1 Å². The lowest BCUT2D eigenvalue weighted by molar-refractivity contribution is -0.124. The van der Waals surface area contributed by atoms with Crippen molar-refractivity contribution in [1.82, 2.24) is 0 Å². The fraction of sp³-hybridized carbons (Fsp3) is 0.656. The van der Waals surface area contributed by atoms with E-state index in [0.717, 1.165) is 43.6 Å². The van der Waals surface area contributed by atoms with Gasteiger partial charge in [-0.3, -0.25) is 4.79 Å². The minimum atomic E-state index is -0.139. The number of hydrogen-bond donors (Lipinski definition) is 1. The topological polar surface area (TPSA) is 37.3 Å². The molecule has 4 aliphatic rings. The Morgan fingerprint density at radius 2 is 1.65 bits per heavy atom. The molecule has 0 saturated heterocycles. The average molecular weight is 465 g/mol. The molecule has 0 bridgehead atoms. The van der Waals surface area contributed by atoms with Gasteiger partial charge in [0.15, 0.2) is 5.78 Å². The van der Waals surface area contributed by atoms with Gasteiger partial charge in [-0.2, -0.15) is 0 Å². The highest BCUT2D eigenvalue weighted by molar-refractivity contribution is 5.96. The molecule has 0 radical (unpaired) electrons. The number of fused-ring (bicyclic) bond motifs is 5. The number of allylic oxidation sites excluding steroid dienone is 2. The normalized spacial score (nSPS) is 38.2. The van der Waals surface area contributed by atoms with Crippen LogP contribution in [0.1, 0.15) is 98.5 Å². The number of aliphatic hydroxyl groups is 1. The number of hydrogen-bond acceptors (Lipinski definition) is 2. The van der Waals surface area contributed by atoms with Crippen LogP contribution < -0.4 is 0 Å². The third kappa shape index (κ3) is 4.85. The highest BCUT2D eigenvalue weighted by Crippen LogP contribution is 2.66. The molecule has 0 aromatic heterocycles. The van der Waals surface area contributed by atoms with Crippen molar-refractivity contribution in [2.45, 2.75) is 99.0 Å². The molecule has 0 spiro atoms. The van der Waals surface area contributed by atoms with Crippen molar-refractivity contribution in [3.05, 3.63) is 53.6 Å². The lowest BCUT2D eigenvalue weighted by Gasteiger charge is -2.57. The van der Waals surface area contributed by atoms with Crippen LogP contribution in [0.4, 0.5) is 0 Å². The Labute approximate surface area is 208 Å². The van der Waals surface area contributed by atoms with Gasteiger partial charge in [-0.15, -0.1) is 0 Å². The van der Waals surface area contributed by atoms with Crippen molar-refractivity contribution < 1.29 is 9.90 Å². The molecule has 0 amide bonds. The fourth-order valence-corrected chi connectivity index (χ4v) is 7.97. The van der Waals surface area contributed by atoms with Gasteiger partial charge < -0.3 is 5.11 Å². The van der Waals surface area contributed by atoms with Crippen molar-refractivity contribution >= 4 is 11.9 Å². The molecule has 2 heteroatoms. The Balaban J connectivity index is 0.000000771. The number of carbonyl (C=O) groups excluding carboxylic acids is 1. The summed E-state index contributed by atoms with van der Waals surface area (Å²) in [5.41, 5.74) is 3.06. The largest absolute Gasteiger partial charge is 0.393 e. The zero-order valence-corrected chi connectivity index (χ0v) is 22.5. The zero-order chi connectivity index (χ0) is 24.9. The molecule has 2 unspecified atom stereocenters. The summed E-state index contributed by atoms with van der Waals surface area (Å²) in [6.45, 7) is 12.9. The second kappa shape index (κ2) is 11.4. The smallest absolute Gasteiger partial charge is 0.159 e. The number of benzene rings is 1. The molecule has 1 aromatic rings.